The zero-order valence-corrected chi connectivity index (χ0v) is 11.3. The number of nitrogens with zero attached hydrogens (tertiary/aromatic N) is 4. The summed E-state index contributed by atoms with van der Waals surface area (Å²) in [6, 6.07) is 7.59. The van der Waals surface area contributed by atoms with Crippen LogP contribution in [0, 0.1) is 5.92 Å². The molecule has 5 nitrogen and oxygen atoms in total. The third kappa shape index (κ3) is 1.98. The molecule has 20 heavy (non-hydrogen) atoms. The van der Waals surface area contributed by atoms with Crippen LogP contribution in [-0.4, -0.2) is 44.6 Å². The van der Waals surface area contributed by atoms with E-state index >= 15 is 0 Å². The number of hydrogen-bond donors (Lipinski definition) is 1. The monoisotopic (exact) mass is 270 g/mol. The zero-order valence-electron chi connectivity index (χ0n) is 11.3. The van der Waals surface area contributed by atoms with E-state index in [0.29, 0.717) is 6.04 Å². The lowest BCUT2D eigenvalue weighted by molar-refractivity contribution is 0.0504. The fourth-order valence-corrected chi connectivity index (χ4v) is 3.44. The van der Waals surface area contributed by atoms with E-state index in [4.69, 9.17) is 0 Å². The molecule has 104 valence electrons. The highest BCUT2D eigenvalue weighted by atomic mass is 16.3. The van der Waals surface area contributed by atoms with Gasteiger partial charge in [0.25, 0.3) is 0 Å². The molecule has 3 aliphatic heterocycles. The van der Waals surface area contributed by atoms with E-state index in [9.17, 15) is 5.11 Å². The van der Waals surface area contributed by atoms with E-state index in [-0.39, 0.29) is 5.75 Å². The normalized spacial score (nSPS) is 28.7. The van der Waals surface area contributed by atoms with E-state index in [2.05, 4.69) is 15.2 Å². The van der Waals surface area contributed by atoms with Crippen molar-refractivity contribution in [3.8, 4) is 17.0 Å². The second-order valence-corrected chi connectivity index (χ2v) is 5.84. The van der Waals surface area contributed by atoms with Gasteiger partial charge < -0.3 is 10.0 Å². The minimum atomic E-state index is 0.276. The summed E-state index contributed by atoms with van der Waals surface area (Å²) in [4.78, 5) is 2.52. The summed E-state index contributed by atoms with van der Waals surface area (Å²) in [5, 5.41) is 18.0. The largest absolute Gasteiger partial charge is 0.508 e. The third-order valence-electron chi connectivity index (χ3n) is 4.63. The Bertz CT molecular complexity index is 599. The van der Waals surface area contributed by atoms with Crippen molar-refractivity contribution in [1.29, 1.82) is 0 Å². The van der Waals surface area contributed by atoms with Gasteiger partial charge in [0, 0.05) is 12.1 Å². The summed E-state index contributed by atoms with van der Waals surface area (Å²) in [7, 11) is 0. The van der Waals surface area contributed by atoms with E-state index in [1.807, 2.05) is 23.0 Å². The van der Waals surface area contributed by atoms with Gasteiger partial charge >= 0.3 is 0 Å². The molecule has 1 atom stereocenters. The molecule has 1 aromatic heterocycles. The van der Waals surface area contributed by atoms with Gasteiger partial charge in [-0.15, -0.1) is 5.10 Å². The summed E-state index contributed by atoms with van der Waals surface area (Å²) in [5.74, 6) is 1.02. The molecule has 0 amide bonds. The molecule has 0 radical (unpaired) electrons. The van der Waals surface area contributed by atoms with Gasteiger partial charge in [-0.25, -0.2) is 4.68 Å². The molecule has 3 fully saturated rings. The lowest BCUT2D eigenvalue weighted by atomic mass is 9.84. The maximum Gasteiger partial charge on any atom is 0.115 e. The minimum Gasteiger partial charge on any atom is -0.508 e. The lowest BCUT2D eigenvalue weighted by Crippen LogP contribution is -2.48. The van der Waals surface area contributed by atoms with Crippen molar-refractivity contribution < 1.29 is 5.11 Å². The second-order valence-electron chi connectivity index (χ2n) is 5.84. The summed E-state index contributed by atoms with van der Waals surface area (Å²) in [5.41, 5.74) is 1.87. The van der Waals surface area contributed by atoms with Crippen molar-refractivity contribution >= 4 is 0 Å². The van der Waals surface area contributed by atoms with Crippen LogP contribution in [0.15, 0.2) is 30.5 Å². The molecule has 4 heterocycles. The SMILES string of the molecule is Oc1ccc(-c2cn([C@@H]3CN4CCC3CC4)nn2)cc1. The van der Waals surface area contributed by atoms with Gasteiger partial charge in [-0.3, -0.25) is 0 Å². The van der Waals surface area contributed by atoms with Crippen molar-refractivity contribution in [1.82, 2.24) is 19.9 Å². The molecular formula is C15H18N4O. The molecule has 5 rings (SSSR count). The Morgan fingerprint density at radius 2 is 1.85 bits per heavy atom. The molecule has 0 aliphatic carbocycles. The van der Waals surface area contributed by atoms with E-state index < -0.39 is 0 Å². The Labute approximate surface area is 117 Å². The highest BCUT2D eigenvalue weighted by Crippen LogP contribution is 2.35. The smallest absolute Gasteiger partial charge is 0.115 e. The second kappa shape index (κ2) is 4.59. The first-order valence-corrected chi connectivity index (χ1v) is 7.23. The van der Waals surface area contributed by atoms with Crippen LogP contribution in [0.3, 0.4) is 0 Å². The molecule has 1 aromatic carbocycles. The molecule has 3 aliphatic rings. The van der Waals surface area contributed by atoms with Crippen LogP contribution < -0.4 is 0 Å². The van der Waals surface area contributed by atoms with Crippen LogP contribution in [-0.2, 0) is 0 Å². The first kappa shape index (κ1) is 11.9. The standard InChI is InChI=1S/C15H18N4O/c20-13-3-1-11(2-4-13)14-9-19(17-16-14)15-10-18-7-5-12(15)6-8-18/h1-4,9,12,15,20H,5-8,10H2/t15-/m1/s1. The van der Waals surface area contributed by atoms with Gasteiger partial charge in [0.2, 0.25) is 0 Å². The Morgan fingerprint density at radius 1 is 1.10 bits per heavy atom. The Morgan fingerprint density at radius 3 is 2.50 bits per heavy atom. The minimum absolute atomic E-state index is 0.276. The average molecular weight is 270 g/mol. The fraction of sp³-hybridized carbons (Fsp3) is 0.467. The van der Waals surface area contributed by atoms with Gasteiger partial charge in [0.15, 0.2) is 0 Å². The molecule has 2 bridgehead atoms. The summed E-state index contributed by atoms with van der Waals surface area (Å²) < 4.78 is 2.04. The van der Waals surface area contributed by atoms with Gasteiger partial charge in [0.05, 0.1) is 12.2 Å². The van der Waals surface area contributed by atoms with E-state index in [1.165, 1.54) is 25.9 Å². The number of phenols is 1. The maximum absolute atomic E-state index is 9.34. The van der Waals surface area contributed by atoms with Crippen molar-refractivity contribution in [2.24, 2.45) is 5.92 Å². The average Bonchev–Trinajstić information content (AvgIpc) is 2.99. The molecule has 0 spiro atoms. The molecule has 0 saturated carbocycles. The number of phenolic OH excluding ortho intramolecular Hbond substituents is 1. The first-order chi connectivity index (χ1) is 9.79. The van der Waals surface area contributed by atoms with Gasteiger partial charge in [-0.2, -0.15) is 0 Å². The van der Waals surface area contributed by atoms with Crippen LogP contribution in [0.5, 0.6) is 5.75 Å². The molecule has 2 aromatic rings. The van der Waals surface area contributed by atoms with Gasteiger partial charge in [0.1, 0.15) is 11.4 Å². The number of aromatic nitrogens is 3. The van der Waals surface area contributed by atoms with E-state index in [0.717, 1.165) is 23.7 Å². The fourth-order valence-electron chi connectivity index (χ4n) is 3.44. The summed E-state index contributed by atoms with van der Waals surface area (Å²) >= 11 is 0. The van der Waals surface area contributed by atoms with Crippen LogP contribution >= 0.6 is 0 Å². The van der Waals surface area contributed by atoms with Crippen LogP contribution in [0.2, 0.25) is 0 Å². The van der Waals surface area contributed by atoms with Crippen molar-refractivity contribution in [3.05, 3.63) is 30.5 Å². The third-order valence-corrected chi connectivity index (χ3v) is 4.63. The molecular weight excluding hydrogens is 252 g/mol. The van der Waals surface area contributed by atoms with Crippen molar-refractivity contribution in [3.63, 3.8) is 0 Å². The van der Waals surface area contributed by atoms with E-state index in [1.54, 1.807) is 12.1 Å². The highest BCUT2D eigenvalue weighted by Gasteiger charge is 2.35. The van der Waals surface area contributed by atoms with Gasteiger partial charge in [-0.05, 0) is 56.1 Å². The molecule has 0 unspecified atom stereocenters. The van der Waals surface area contributed by atoms with Gasteiger partial charge in [-0.1, -0.05) is 5.21 Å². The number of hydrogen-bond acceptors (Lipinski definition) is 4. The number of piperidine rings is 3. The Hall–Kier alpha value is -1.88. The number of benzene rings is 1. The number of rotatable bonds is 2. The molecule has 3 saturated heterocycles. The van der Waals surface area contributed by atoms with Crippen LogP contribution in [0.1, 0.15) is 18.9 Å². The summed E-state index contributed by atoms with van der Waals surface area (Å²) in [6.45, 7) is 3.57. The number of aromatic hydroxyl groups is 1. The van der Waals surface area contributed by atoms with Crippen molar-refractivity contribution in [2.75, 3.05) is 19.6 Å². The van der Waals surface area contributed by atoms with Crippen molar-refractivity contribution in [2.45, 2.75) is 18.9 Å². The molecule has 5 heteroatoms. The molecule has 1 N–H and O–H groups in total. The number of fused-ring (bicyclic) bond motifs is 3. The predicted octanol–water partition coefficient (Wildman–Crippen LogP) is 1.92. The topological polar surface area (TPSA) is 54.2 Å². The highest BCUT2D eigenvalue weighted by molar-refractivity contribution is 5.58. The Balaban J connectivity index is 1.60. The predicted molar refractivity (Wildman–Crippen MR) is 75.3 cm³/mol. The zero-order chi connectivity index (χ0) is 13.5. The first-order valence-electron chi connectivity index (χ1n) is 7.23. The summed E-state index contributed by atoms with van der Waals surface area (Å²) in [6.07, 6.45) is 4.59. The van der Waals surface area contributed by atoms with Crippen LogP contribution in [0.25, 0.3) is 11.3 Å². The maximum atomic E-state index is 9.34. The van der Waals surface area contributed by atoms with Crippen LogP contribution in [0.4, 0.5) is 0 Å². The quantitative estimate of drug-likeness (QED) is 0.906. The lowest BCUT2D eigenvalue weighted by Gasteiger charge is -2.44. The Kier molecular flexibility index (Phi) is 2.73.